The van der Waals surface area contributed by atoms with Gasteiger partial charge in [-0.2, -0.15) is 5.26 Å². The molecule has 1 heterocycles. The van der Waals surface area contributed by atoms with Crippen LogP contribution in [0.15, 0.2) is 95.5 Å². The Morgan fingerprint density at radius 3 is 2.08 bits per heavy atom. The highest BCUT2D eigenvalue weighted by molar-refractivity contribution is 6.06. The molecule has 0 amide bonds. The second-order valence-corrected chi connectivity index (χ2v) is 8.68. The molecule has 0 saturated carbocycles. The van der Waals surface area contributed by atoms with Crippen LogP contribution in [0.4, 0.5) is 5.69 Å². The van der Waals surface area contributed by atoms with Gasteiger partial charge in [-0.25, -0.2) is 9.59 Å². The summed E-state index contributed by atoms with van der Waals surface area (Å²) in [6.45, 7) is 4.03. The molecule has 0 radical (unpaired) electrons. The number of carbonyl (C=O) groups excluding carboxylic acids is 2. The molecule has 8 nitrogen and oxygen atoms in total. The second kappa shape index (κ2) is 10.9. The van der Waals surface area contributed by atoms with Gasteiger partial charge in [0, 0.05) is 5.69 Å². The number of hydrogen-bond acceptors (Lipinski definition) is 8. The van der Waals surface area contributed by atoms with Crippen LogP contribution in [-0.2, 0) is 19.1 Å². The maximum absolute atomic E-state index is 13.2. The van der Waals surface area contributed by atoms with Crippen LogP contribution >= 0.6 is 0 Å². The molecule has 0 aromatic heterocycles. The van der Waals surface area contributed by atoms with Crippen LogP contribution in [0.5, 0.6) is 11.5 Å². The number of hydrogen-bond donors (Lipinski definition) is 1. The molecule has 38 heavy (non-hydrogen) atoms. The summed E-state index contributed by atoms with van der Waals surface area (Å²) in [5, 5.41) is 10.1. The third-order valence-corrected chi connectivity index (χ3v) is 6.42. The first kappa shape index (κ1) is 26.0. The Morgan fingerprint density at radius 2 is 1.50 bits per heavy atom. The second-order valence-electron chi connectivity index (χ2n) is 8.68. The fourth-order valence-corrected chi connectivity index (χ4v) is 4.36. The zero-order valence-corrected chi connectivity index (χ0v) is 21.5. The molecule has 8 heteroatoms. The molecule has 0 bridgehead atoms. The Labute approximate surface area is 221 Å². The number of methoxy groups -OCH3 is 2. The maximum Gasteiger partial charge on any atom is 0.355 e. The van der Waals surface area contributed by atoms with Crippen LogP contribution in [0.25, 0.3) is 0 Å². The standard InChI is InChI=1S/C30H27N3O5/c1-18-10-13-23(16-19(18)2)38-22-14-11-21(12-15-22)33-27(30(35)37-4)26(29(34)36-3)25(24(17-31)28(33)32)20-8-6-5-7-9-20/h5-16,25H,32H2,1-4H3. The first-order chi connectivity index (χ1) is 18.3. The lowest BCUT2D eigenvalue weighted by Gasteiger charge is -2.35. The number of aryl methyl sites for hydroxylation is 2. The molecule has 3 aromatic carbocycles. The molecule has 2 N–H and O–H groups in total. The third kappa shape index (κ3) is 4.82. The van der Waals surface area contributed by atoms with E-state index in [0.29, 0.717) is 22.7 Å². The van der Waals surface area contributed by atoms with Crippen molar-refractivity contribution >= 4 is 17.6 Å². The smallest absolute Gasteiger partial charge is 0.355 e. The van der Waals surface area contributed by atoms with Crippen molar-refractivity contribution in [1.29, 1.82) is 5.26 Å². The van der Waals surface area contributed by atoms with E-state index in [1.54, 1.807) is 48.5 Å². The van der Waals surface area contributed by atoms with Crippen molar-refractivity contribution in [2.45, 2.75) is 19.8 Å². The molecule has 1 aliphatic rings. The normalized spacial score (nSPS) is 15.1. The van der Waals surface area contributed by atoms with Gasteiger partial charge in [-0.05, 0) is 66.9 Å². The molecule has 1 unspecified atom stereocenters. The molecule has 0 saturated heterocycles. The van der Waals surface area contributed by atoms with Crippen LogP contribution in [0.3, 0.4) is 0 Å². The van der Waals surface area contributed by atoms with Crippen LogP contribution in [-0.4, -0.2) is 26.2 Å². The van der Waals surface area contributed by atoms with Gasteiger partial charge in [0.15, 0.2) is 0 Å². The van der Waals surface area contributed by atoms with Crippen molar-refractivity contribution < 1.29 is 23.8 Å². The average molecular weight is 510 g/mol. The monoisotopic (exact) mass is 509 g/mol. The lowest BCUT2D eigenvalue weighted by atomic mass is 9.81. The fraction of sp³-hybridized carbons (Fsp3) is 0.167. The number of nitriles is 1. The zero-order valence-electron chi connectivity index (χ0n) is 21.5. The van der Waals surface area contributed by atoms with E-state index < -0.39 is 17.9 Å². The van der Waals surface area contributed by atoms with Crippen LogP contribution < -0.4 is 15.4 Å². The van der Waals surface area contributed by atoms with Gasteiger partial charge < -0.3 is 19.9 Å². The van der Waals surface area contributed by atoms with E-state index in [4.69, 9.17) is 19.9 Å². The van der Waals surface area contributed by atoms with Gasteiger partial charge in [-0.1, -0.05) is 36.4 Å². The predicted molar refractivity (Wildman–Crippen MR) is 142 cm³/mol. The summed E-state index contributed by atoms with van der Waals surface area (Å²) in [7, 11) is 2.42. The Hall–Kier alpha value is -5.03. The molecule has 1 aliphatic heterocycles. The largest absolute Gasteiger partial charge is 0.466 e. The Morgan fingerprint density at radius 1 is 0.868 bits per heavy atom. The summed E-state index contributed by atoms with van der Waals surface area (Å²) in [6, 6.07) is 23.6. The SMILES string of the molecule is COC(=O)C1=C(C(=O)OC)N(c2ccc(Oc3ccc(C)c(C)c3)cc2)C(N)=C(C#N)C1c1ccccc1. The first-order valence-electron chi connectivity index (χ1n) is 11.8. The minimum atomic E-state index is -0.925. The van der Waals surface area contributed by atoms with Crippen LogP contribution in [0.2, 0.25) is 0 Å². The van der Waals surface area contributed by atoms with E-state index >= 15 is 0 Å². The first-order valence-corrected chi connectivity index (χ1v) is 11.8. The number of nitrogens with zero attached hydrogens (tertiary/aromatic N) is 2. The van der Waals surface area contributed by atoms with Crippen molar-refractivity contribution in [3.8, 4) is 17.6 Å². The highest BCUT2D eigenvalue weighted by Gasteiger charge is 2.42. The number of esters is 2. The number of nitrogens with two attached hydrogens (primary N) is 1. The van der Waals surface area contributed by atoms with E-state index in [9.17, 15) is 14.9 Å². The predicted octanol–water partition coefficient (Wildman–Crippen LogP) is 4.99. The Kier molecular flexibility index (Phi) is 7.49. The zero-order chi connectivity index (χ0) is 27.4. The lowest BCUT2D eigenvalue weighted by molar-refractivity contribution is -0.139. The topological polar surface area (TPSA) is 115 Å². The van der Waals surface area contributed by atoms with Crippen molar-refractivity contribution in [2.75, 3.05) is 19.1 Å². The van der Waals surface area contributed by atoms with Gasteiger partial charge in [0.25, 0.3) is 0 Å². The number of rotatable bonds is 6. The minimum Gasteiger partial charge on any atom is -0.466 e. The Balaban J connectivity index is 1.85. The van der Waals surface area contributed by atoms with Crippen LogP contribution in [0, 0.1) is 25.2 Å². The number of ether oxygens (including phenoxy) is 3. The summed E-state index contributed by atoms with van der Waals surface area (Å²) < 4.78 is 16.1. The molecule has 0 spiro atoms. The van der Waals surface area contributed by atoms with E-state index in [1.165, 1.54) is 19.1 Å². The highest BCUT2D eigenvalue weighted by Crippen LogP contribution is 2.43. The summed E-state index contributed by atoms with van der Waals surface area (Å²) >= 11 is 0. The molecular formula is C30H27N3O5. The summed E-state index contributed by atoms with van der Waals surface area (Å²) in [5.74, 6) is -1.28. The molecule has 3 aromatic rings. The van der Waals surface area contributed by atoms with Crippen molar-refractivity contribution in [1.82, 2.24) is 0 Å². The lowest BCUT2D eigenvalue weighted by Crippen LogP contribution is -2.40. The molecule has 0 aliphatic carbocycles. The molecule has 192 valence electrons. The van der Waals surface area contributed by atoms with Gasteiger partial charge in [0.05, 0.1) is 37.4 Å². The fourth-order valence-electron chi connectivity index (χ4n) is 4.36. The molecule has 1 atom stereocenters. The number of benzene rings is 3. The third-order valence-electron chi connectivity index (χ3n) is 6.42. The van der Waals surface area contributed by atoms with Crippen molar-refractivity contribution in [3.05, 3.63) is 112 Å². The summed E-state index contributed by atoms with van der Waals surface area (Å²) in [6.07, 6.45) is 0. The van der Waals surface area contributed by atoms with E-state index in [1.807, 2.05) is 38.1 Å². The molecular weight excluding hydrogens is 482 g/mol. The Bertz CT molecular complexity index is 1480. The van der Waals surface area contributed by atoms with Gasteiger partial charge in [0.2, 0.25) is 0 Å². The maximum atomic E-state index is 13.2. The van der Waals surface area contributed by atoms with Gasteiger partial charge in [-0.15, -0.1) is 0 Å². The summed E-state index contributed by atoms with van der Waals surface area (Å²) in [5.41, 5.74) is 9.74. The van der Waals surface area contributed by atoms with Crippen LogP contribution in [0.1, 0.15) is 22.6 Å². The van der Waals surface area contributed by atoms with Crippen molar-refractivity contribution in [3.63, 3.8) is 0 Å². The van der Waals surface area contributed by atoms with E-state index in [2.05, 4.69) is 6.07 Å². The van der Waals surface area contributed by atoms with Gasteiger partial charge in [-0.3, -0.25) is 4.90 Å². The number of anilines is 1. The quantitative estimate of drug-likeness (QED) is 0.462. The molecule has 0 fully saturated rings. The van der Waals surface area contributed by atoms with E-state index in [-0.39, 0.29) is 22.7 Å². The number of carbonyl (C=O) groups is 2. The van der Waals surface area contributed by atoms with E-state index in [0.717, 1.165) is 11.1 Å². The summed E-state index contributed by atoms with van der Waals surface area (Å²) in [4.78, 5) is 27.6. The average Bonchev–Trinajstić information content (AvgIpc) is 2.94. The van der Waals surface area contributed by atoms with Gasteiger partial charge >= 0.3 is 11.9 Å². The molecule has 4 rings (SSSR count). The highest BCUT2D eigenvalue weighted by atomic mass is 16.5. The minimum absolute atomic E-state index is 0.00256. The van der Waals surface area contributed by atoms with Gasteiger partial charge in [0.1, 0.15) is 23.0 Å². The number of allylic oxidation sites excluding steroid dienone is 1. The van der Waals surface area contributed by atoms with Crippen molar-refractivity contribution in [2.24, 2.45) is 5.73 Å².